The molecule has 7 heteroatoms. The van der Waals surface area contributed by atoms with Crippen molar-refractivity contribution in [3.05, 3.63) is 42.2 Å². The van der Waals surface area contributed by atoms with Crippen molar-refractivity contribution in [2.45, 2.75) is 6.18 Å². The van der Waals surface area contributed by atoms with E-state index >= 15 is 0 Å². The van der Waals surface area contributed by atoms with E-state index in [1.807, 2.05) is 0 Å². The van der Waals surface area contributed by atoms with Gasteiger partial charge >= 0.3 is 6.18 Å². The van der Waals surface area contributed by atoms with Crippen LogP contribution in [0.5, 0.6) is 5.75 Å². The number of rotatable bonds is 4. The van der Waals surface area contributed by atoms with E-state index in [0.717, 1.165) is 10.7 Å². The summed E-state index contributed by atoms with van der Waals surface area (Å²) in [5.41, 5.74) is 4.48. The third-order valence-electron chi connectivity index (χ3n) is 2.40. The summed E-state index contributed by atoms with van der Waals surface area (Å²) in [5, 5.41) is 3.86. The first-order valence-electron chi connectivity index (χ1n) is 5.56. The van der Waals surface area contributed by atoms with Crippen LogP contribution in [-0.4, -0.2) is 22.9 Å². The number of alkyl halides is 3. The molecule has 0 saturated heterocycles. The van der Waals surface area contributed by atoms with Gasteiger partial charge in [-0.05, 0) is 12.1 Å². The number of aromatic nitrogens is 2. The minimum absolute atomic E-state index is 0.0439. The monoisotopic (exact) mass is 271 g/mol. The average Bonchev–Trinajstić information content (AvgIpc) is 2.84. The highest BCUT2D eigenvalue weighted by atomic mass is 19.4. The molecule has 2 aromatic rings. The lowest BCUT2D eigenvalue weighted by Gasteiger charge is -2.12. The Morgan fingerprint density at radius 3 is 2.68 bits per heavy atom. The normalized spacial score (nSPS) is 11.6. The Morgan fingerprint density at radius 1 is 1.26 bits per heavy atom. The Morgan fingerprint density at radius 2 is 2.00 bits per heavy atom. The van der Waals surface area contributed by atoms with E-state index < -0.39 is 11.7 Å². The fraction of sp³-hybridized carbons (Fsp3) is 0.250. The Bertz CT molecular complexity index is 551. The van der Waals surface area contributed by atoms with Crippen LogP contribution in [0.3, 0.4) is 0 Å². The molecule has 19 heavy (non-hydrogen) atoms. The zero-order valence-corrected chi connectivity index (χ0v) is 9.89. The average molecular weight is 271 g/mol. The number of ether oxygens (including phenoxy) is 1. The first-order chi connectivity index (χ1) is 9.02. The van der Waals surface area contributed by atoms with Crippen molar-refractivity contribution in [1.82, 2.24) is 9.78 Å². The summed E-state index contributed by atoms with van der Waals surface area (Å²) < 4.78 is 44.9. The Labute approximate surface area is 107 Å². The molecule has 4 nitrogen and oxygen atoms in total. The summed E-state index contributed by atoms with van der Waals surface area (Å²) >= 11 is 0. The molecule has 1 heterocycles. The van der Waals surface area contributed by atoms with E-state index in [2.05, 4.69) is 5.10 Å². The van der Waals surface area contributed by atoms with Gasteiger partial charge in [0.2, 0.25) is 0 Å². The van der Waals surface area contributed by atoms with Gasteiger partial charge in [0.1, 0.15) is 6.61 Å². The molecule has 0 aliphatic rings. The molecule has 0 aliphatic carbocycles. The van der Waals surface area contributed by atoms with E-state index in [1.54, 1.807) is 0 Å². The van der Waals surface area contributed by atoms with Crippen molar-refractivity contribution in [3.8, 4) is 11.4 Å². The zero-order valence-electron chi connectivity index (χ0n) is 9.89. The van der Waals surface area contributed by atoms with Crippen LogP contribution in [0, 0.1) is 0 Å². The predicted molar refractivity (Wildman–Crippen MR) is 63.1 cm³/mol. The molecule has 0 spiro atoms. The molecular weight excluding hydrogens is 259 g/mol. The van der Waals surface area contributed by atoms with Crippen molar-refractivity contribution in [3.63, 3.8) is 0 Å². The van der Waals surface area contributed by atoms with Gasteiger partial charge in [0, 0.05) is 6.54 Å². The molecule has 1 aromatic carbocycles. The highest BCUT2D eigenvalue weighted by molar-refractivity contribution is 5.42. The van der Waals surface area contributed by atoms with Gasteiger partial charge in [0.15, 0.2) is 5.75 Å². The highest BCUT2D eigenvalue weighted by Gasteiger charge is 2.33. The second-order valence-electron chi connectivity index (χ2n) is 3.77. The van der Waals surface area contributed by atoms with Crippen molar-refractivity contribution < 1.29 is 17.9 Å². The van der Waals surface area contributed by atoms with Gasteiger partial charge in [-0.25, -0.2) is 4.68 Å². The second kappa shape index (κ2) is 5.31. The number of halogens is 3. The van der Waals surface area contributed by atoms with Crippen LogP contribution in [0.25, 0.3) is 5.69 Å². The van der Waals surface area contributed by atoms with Gasteiger partial charge in [-0.15, -0.1) is 0 Å². The standard InChI is InChI=1S/C12H12F3N3O/c13-12(14,15)10-3-1-2-4-11(10)18-8-9(7-17-18)19-6-5-16/h1-4,7-8H,5-6,16H2. The topological polar surface area (TPSA) is 53.1 Å². The molecule has 2 rings (SSSR count). The van der Waals surface area contributed by atoms with Gasteiger partial charge in [-0.3, -0.25) is 0 Å². The number of benzene rings is 1. The smallest absolute Gasteiger partial charge is 0.418 e. The molecule has 0 unspecified atom stereocenters. The van der Waals surface area contributed by atoms with Gasteiger partial charge in [0.05, 0.1) is 23.6 Å². The Hall–Kier alpha value is -2.02. The minimum atomic E-state index is -4.43. The van der Waals surface area contributed by atoms with E-state index in [1.165, 1.54) is 30.6 Å². The van der Waals surface area contributed by atoms with Crippen molar-refractivity contribution in [2.24, 2.45) is 5.73 Å². The molecule has 0 amide bonds. The zero-order chi connectivity index (χ0) is 13.9. The van der Waals surface area contributed by atoms with Crippen LogP contribution in [0.1, 0.15) is 5.56 Å². The van der Waals surface area contributed by atoms with Crippen LogP contribution in [0.15, 0.2) is 36.7 Å². The number of hydrogen-bond donors (Lipinski definition) is 1. The maximum absolute atomic E-state index is 12.9. The third-order valence-corrected chi connectivity index (χ3v) is 2.40. The number of nitrogens with two attached hydrogens (primary N) is 1. The molecule has 0 atom stereocenters. The first-order valence-corrected chi connectivity index (χ1v) is 5.56. The first kappa shape index (κ1) is 13.4. The quantitative estimate of drug-likeness (QED) is 0.927. The fourth-order valence-corrected chi connectivity index (χ4v) is 1.60. The SMILES string of the molecule is NCCOc1cnn(-c2ccccc2C(F)(F)F)c1. The summed E-state index contributed by atoms with van der Waals surface area (Å²) in [5.74, 6) is 0.377. The van der Waals surface area contributed by atoms with Crippen molar-refractivity contribution >= 4 is 0 Å². The predicted octanol–water partition coefficient (Wildman–Crippen LogP) is 2.23. The molecule has 0 saturated carbocycles. The van der Waals surface area contributed by atoms with Crippen molar-refractivity contribution in [1.29, 1.82) is 0 Å². The van der Waals surface area contributed by atoms with Gasteiger partial charge in [-0.1, -0.05) is 12.1 Å². The summed E-state index contributed by atoms with van der Waals surface area (Å²) in [7, 11) is 0. The van der Waals surface area contributed by atoms with Crippen LogP contribution in [0.4, 0.5) is 13.2 Å². The molecule has 1 aromatic heterocycles. The number of nitrogens with zero attached hydrogens (tertiary/aromatic N) is 2. The Balaban J connectivity index is 2.34. The lowest BCUT2D eigenvalue weighted by molar-refractivity contribution is -0.137. The summed E-state index contributed by atoms with van der Waals surface area (Å²) in [6.07, 6.45) is -1.69. The third kappa shape index (κ3) is 3.05. The van der Waals surface area contributed by atoms with E-state index in [0.29, 0.717) is 12.3 Å². The molecule has 102 valence electrons. The molecule has 0 radical (unpaired) electrons. The van der Waals surface area contributed by atoms with E-state index in [4.69, 9.17) is 10.5 Å². The van der Waals surface area contributed by atoms with Gasteiger partial charge in [0.25, 0.3) is 0 Å². The largest absolute Gasteiger partial charge is 0.489 e. The summed E-state index contributed by atoms with van der Waals surface area (Å²) in [6, 6.07) is 5.22. The van der Waals surface area contributed by atoms with Crippen molar-refractivity contribution in [2.75, 3.05) is 13.2 Å². The molecule has 2 N–H and O–H groups in total. The van der Waals surface area contributed by atoms with Crippen LogP contribution < -0.4 is 10.5 Å². The summed E-state index contributed by atoms with van der Waals surface area (Å²) in [6.45, 7) is 0.608. The lowest BCUT2D eigenvalue weighted by atomic mass is 10.2. The van der Waals surface area contributed by atoms with Crippen LogP contribution >= 0.6 is 0 Å². The second-order valence-corrected chi connectivity index (χ2v) is 3.77. The molecular formula is C12H12F3N3O. The maximum Gasteiger partial charge on any atom is 0.418 e. The lowest BCUT2D eigenvalue weighted by Crippen LogP contribution is -2.11. The molecule has 0 fully saturated rings. The summed E-state index contributed by atoms with van der Waals surface area (Å²) in [4.78, 5) is 0. The van der Waals surface area contributed by atoms with Crippen LogP contribution in [0.2, 0.25) is 0 Å². The van der Waals surface area contributed by atoms with Gasteiger partial charge in [-0.2, -0.15) is 18.3 Å². The minimum Gasteiger partial charge on any atom is -0.489 e. The van der Waals surface area contributed by atoms with E-state index in [-0.39, 0.29) is 12.3 Å². The molecule has 0 bridgehead atoms. The maximum atomic E-state index is 12.9. The van der Waals surface area contributed by atoms with Gasteiger partial charge < -0.3 is 10.5 Å². The van der Waals surface area contributed by atoms with Crippen LogP contribution in [-0.2, 0) is 6.18 Å². The number of hydrogen-bond acceptors (Lipinski definition) is 3. The number of para-hydroxylation sites is 1. The highest BCUT2D eigenvalue weighted by Crippen LogP contribution is 2.33. The fourth-order valence-electron chi connectivity index (χ4n) is 1.60. The van der Waals surface area contributed by atoms with E-state index in [9.17, 15) is 13.2 Å². The Kier molecular flexibility index (Phi) is 3.75. The molecule has 0 aliphatic heterocycles.